The second-order valence-corrected chi connectivity index (χ2v) is 6.52. The Morgan fingerprint density at radius 2 is 1.64 bits per heavy atom. The van der Waals surface area contributed by atoms with Gasteiger partial charge in [-0.3, -0.25) is 0 Å². The molecule has 2 N–H and O–H groups in total. The molecule has 0 aliphatic rings. The van der Waals surface area contributed by atoms with Crippen molar-refractivity contribution in [3.8, 4) is 0 Å². The van der Waals surface area contributed by atoms with E-state index in [1.165, 1.54) is 11.1 Å². The van der Waals surface area contributed by atoms with Gasteiger partial charge in [0.15, 0.2) is 0 Å². The molecule has 0 bridgehead atoms. The van der Waals surface area contributed by atoms with Crippen LogP contribution >= 0.6 is 0 Å². The minimum atomic E-state index is -0.518. The molecule has 25 heavy (non-hydrogen) atoms. The number of nitrogens with one attached hydrogen (secondary N) is 1. The average Bonchev–Trinajstić information content (AvgIpc) is 2.67. The first-order chi connectivity index (χ1) is 12.1. The number of hydrogen-bond acceptors (Lipinski definition) is 3. The summed E-state index contributed by atoms with van der Waals surface area (Å²) in [5, 5.41) is 13.6. The summed E-state index contributed by atoms with van der Waals surface area (Å²) in [6.07, 6.45) is 1.47. The summed E-state index contributed by atoms with van der Waals surface area (Å²) in [5.41, 5.74) is 3.74. The van der Waals surface area contributed by atoms with Crippen LogP contribution in [0, 0.1) is 0 Å². The Bertz CT molecular complexity index is 597. The first-order valence-corrected chi connectivity index (χ1v) is 9.30. The number of hydrogen-bond donors (Lipinski definition) is 2. The summed E-state index contributed by atoms with van der Waals surface area (Å²) in [6, 6.07) is 19.0. The monoisotopic (exact) mass is 341 g/mol. The van der Waals surface area contributed by atoms with Gasteiger partial charge in [0.05, 0.1) is 18.8 Å². The molecule has 3 unspecified atom stereocenters. The van der Waals surface area contributed by atoms with Gasteiger partial charge in [0.1, 0.15) is 0 Å². The van der Waals surface area contributed by atoms with Crippen molar-refractivity contribution < 1.29 is 9.84 Å². The van der Waals surface area contributed by atoms with Crippen LogP contribution in [0.5, 0.6) is 0 Å². The largest absolute Gasteiger partial charge is 0.389 e. The Balaban J connectivity index is 1.76. The van der Waals surface area contributed by atoms with E-state index in [0.29, 0.717) is 13.2 Å². The van der Waals surface area contributed by atoms with E-state index in [4.69, 9.17) is 4.74 Å². The molecule has 0 fully saturated rings. The van der Waals surface area contributed by atoms with Gasteiger partial charge in [-0.25, -0.2) is 0 Å². The normalized spacial score (nSPS) is 14.9. The maximum absolute atomic E-state index is 10.2. The molecule has 2 aromatic rings. The minimum Gasteiger partial charge on any atom is -0.389 e. The lowest BCUT2D eigenvalue weighted by molar-refractivity contribution is -0.0120. The summed E-state index contributed by atoms with van der Waals surface area (Å²) < 4.78 is 5.92. The molecule has 0 aliphatic carbocycles. The highest BCUT2D eigenvalue weighted by Gasteiger charge is 2.13. The Labute approximate surface area is 152 Å². The number of ether oxygens (including phenoxy) is 1. The van der Waals surface area contributed by atoms with Crippen LogP contribution in [0.25, 0.3) is 0 Å². The summed E-state index contributed by atoms with van der Waals surface area (Å²) in [5.74, 6) is 0. The molecule has 3 heteroatoms. The first kappa shape index (κ1) is 19.6. The molecule has 3 atom stereocenters. The van der Waals surface area contributed by atoms with E-state index < -0.39 is 6.10 Å². The van der Waals surface area contributed by atoms with Crippen LogP contribution in [-0.4, -0.2) is 24.4 Å². The first-order valence-electron chi connectivity index (χ1n) is 9.30. The lowest BCUT2D eigenvalue weighted by Crippen LogP contribution is -2.32. The van der Waals surface area contributed by atoms with E-state index in [1.54, 1.807) is 0 Å². The lowest BCUT2D eigenvalue weighted by Gasteiger charge is -2.21. The van der Waals surface area contributed by atoms with Crippen LogP contribution in [0.3, 0.4) is 0 Å². The van der Waals surface area contributed by atoms with Crippen molar-refractivity contribution in [2.24, 2.45) is 0 Å². The van der Waals surface area contributed by atoms with Gasteiger partial charge in [-0.05, 0) is 36.5 Å². The molecule has 0 saturated heterocycles. The van der Waals surface area contributed by atoms with E-state index in [1.807, 2.05) is 18.2 Å². The van der Waals surface area contributed by atoms with Crippen LogP contribution in [0.2, 0.25) is 0 Å². The number of rotatable bonds is 10. The molecule has 2 aromatic carbocycles. The van der Waals surface area contributed by atoms with E-state index in [9.17, 15) is 5.11 Å². The summed E-state index contributed by atoms with van der Waals surface area (Å²) >= 11 is 0. The Kier molecular flexibility index (Phi) is 8.13. The predicted molar refractivity (Wildman–Crippen MR) is 104 cm³/mol. The molecule has 0 heterocycles. The van der Waals surface area contributed by atoms with Gasteiger partial charge in [0.25, 0.3) is 0 Å². The summed E-state index contributed by atoms with van der Waals surface area (Å²) in [6.45, 7) is 7.23. The fraction of sp³-hybridized carbons (Fsp3) is 0.455. The third kappa shape index (κ3) is 6.28. The van der Waals surface area contributed by atoms with Crippen LogP contribution in [0.4, 0.5) is 0 Å². The van der Waals surface area contributed by atoms with Crippen LogP contribution in [0.15, 0.2) is 54.6 Å². The zero-order chi connectivity index (χ0) is 18.1. The van der Waals surface area contributed by atoms with Crippen LogP contribution in [0.1, 0.15) is 56.0 Å². The molecule has 0 amide bonds. The highest BCUT2D eigenvalue weighted by molar-refractivity contribution is 5.24. The van der Waals surface area contributed by atoms with Gasteiger partial charge < -0.3 is 15.2 Å². The Morgan fingerprint density at radius 3 is 2.24 bits per heavy atom. The quantitative estimate of drug-likeness (QED) is 0.672. The second kappa shape index (κ2) is 10.3. The Morgan fingerprint density at radius 1 is 0.960 bits per heavy atom. The topological polar surface area (TPSA) is 41.5 Å². The zero-order valence-electron chi connectivity index (χ0n) is 15.6. The standard InChI is InChI=1S/C22H31NO2/c1-4-18-11-13-19(14-12-18)17(3)23-15-21(24)16-25-22(5-2)20-9-7-6-8-10-20/h6-14,17,21-24H,4-5,15-16H2,1-3H3. The molecule has 3 nitrogen and oxygen atoms in total. The highest BCUT2D eigenvalue weighted by atomic mass is 16.5. The van der Waals surface area contributed by atoms with E-state index in [-0.39, 0.29) is 12.1 Å². The molecule has 0 saturated carbocycles. The van der Waals surface area contributed by atoms with E-state index in [2.05, 4.69) is 62.5 Å². The van der Waals surface area contributed by atoms with Crippen LogP contribution < -0.4 is 5.32 Å². The van der Waals surface area contributed by atoms with Crippen molar-refractivity contribution in [3.63, 3.8) is 0 Å². The number of benzene rings is 2. The molecule has 2 rings (SSSR count). The van der Waals surface area contributed by atoms with Gasteiger partial charge in [0.2, 0.25) is 0 Å². The van der Waals surface area contributed by atoms with Gasteiger partial charge in [-0.1, -0.05) is 68.4 Å². The fourth-order valence-electron chi connectivity index (χ4n) is 2.88. The summed E-state index contributed by atoms with van der Waals surface area (Å²) in [7, 11) is 0. The van der Waals surface area contributed by atoms with Crippen molar-refractivity contribution in [1.29, 1.82) is 0 Å². The molecule has 0 radical (unpaired) electrons. The molecular weight excluding hydrogens is 310 g/mol. The fourth-order valence-corrected chi connectivity index (χ4v) is 2.88. The van der Waals surface area contributed by atoms with Crippen molar-refractivity contribution >= 4 is 0 Å². The number of aliphatic hydroxyl groups excluding tert-OH is 1. The van der Waals surface area contributed by atoms with Gasteiger partial charge in [-0.15, -0.1) is 0 Å². The maximum Gasteiger partial charge on any atom is 0.0898 e. The third-order valence-corrected chi connectivity index (χ3v) is 4.58. The zero-order valence-corrected chi connectivity index (χ0v) is 15.6. The van der Waals surface area contributed by atoms with Crippen molar-refractivity contribution in [2.75, 3.05) is 13.2 Å². The second-order valence-electron chi connectivity index (χ2n) is 6.52. The smallest absolute Gasteiger partial charge is 0.0898 e. The van der Waals surface area contributed by atoms with Crippen molar-refractivity contribution in [2.45, 2.75) is 51.9 Å². The third-order valence-electron chi connectivity index (χ3n) is 4.58. The molecule has 0 aliphatic heterocycles. The molecule has 0 aromatic heterocycles. The van der Waals surface area contributed by atoms with Gasteiger partial charge in [-0.2, -0.15) is 0 Å². The van der Waals surface area contributed by atoms with Gasteiger partial charge in [0, 0.05) is 12.6 Å². The van der Waals surface area contributed by atoms with E-state index >= 15 is 0 Å². The van der Waals surface area contributed by atoms with Crippen molar-refractivity contribution in [1.82, 2.24) is 5.32 Å². The van der Waals surface area contributed by atoms with Crippen molar-refractivity contribution in [3.05, 3.63) is 71.3 Å². The van der Waals surface area contributed by atoms with Crippen LogP contribution in [-0.2, 0) is 11.2 Å². The number of aryl methyl sites for hydroxylation is 1. The maximum atomic E-state index is 10.2. The van der Waals surface area contributed by atoms with Gasteiger partial charge >= 0.3 is 0 Å². The number of aliphatic hydroxyl groups is 1. The minimum absolute atomic E-state index is 0.0369. The summed E-state index contributed by atoms with van der Waals surface area (Å²) in [4.78, 5) is 0. The SMILES string of the molecule is CCc1ccc(C(C)NCC(O)COC(CC)c2ccccc2)cc1. The molecular formula is C22H31NO2. The molecule has 136 valence electrons. The molecule has 0 spiro atoms. The predicted octanol–water partition coefficient (Wildman–Crippen LogP) is 4.43. The van der Waals surface area contributed by atoms with E-state index in [0.717, 1.165) is 18.4 Å². The average molecular weight is 341 g/mol. The lowest BCUT2D eigenvalue weighted by atomic mass is 10.0. The Hall–Kier alpha value is -1.68. The highest BCUT2D eigenvalue weighted by Crippen LogP contribution is 2.20.